The maximum atomic E-state index is 12.4. The average Bonchev–Trinajstić information content (AvgIpc) is 3.14. The van der Waals surface area contributed by atoms with Crippen LogP contribution in [0.25, 0.3) is 11.0 Å². The van der Waals surface area contributed by atoms with Crippen LogP contribution in [0.1, 0.15) is 23.4 Å². The summed E-state index contributed by atoms with van der Waals surface area (Å²) in [6.45, 7) is 1.01. The van der Waals surface area contributed by atoms with Crippen LogP contribution in [0.5, 0.6) is 0 Å². The minimum Gasteiger partial charge on any atom is -0.448 e. The van der Waals surface area contributed by atoms with E-state index in [0.29, 0.717) is 23.3 Å². The van der Waals surface area contributed by atoms with Gasteiger partial charge in [-0.15, -0.1) is 0 Å². The summed E-state index contributed by atoms with van der Waals surface area (Å²) in [6, 6.07) is 2.72. The Morgan fingerprint density at radius 2 is 2.40 bits per heavy atom. The van der Waals surface area contributed by atoms with Gasteiger partial charge in [-0.2, -0.15) is 0 Å². The molecule has 1 amide bonds. The molecule has 2 aromatic rings. The van der Waals surface area contributed by atoms with Gasteiger partial charge < -0.3 is 15.1 Å². The molecule has 3 heterocycles. The van der Waals surface area contributed by atoms with E-state index < -0.39 is 0 Å². The van der Waals surface area contributed by atoms with E-state index in [-0.39, 0.29) is 11.9 Å². The van der Waals surface area contributed by atoms with Gasteiger partial charge in [-0.25, -0.2) is 0 Å². The third-order valence-corrected chi connectivity index (χ3v) is 5.39. The predicted molar refractivity (Wildman–Crippen MR) is 82.5 cm³/mol. The topological polar surface area (TPSA) is 67.2 Å². The third kappa shape index (κ3) is 1.93. The lowest BCUT2D eigenvalue weighted by atomic mass is 10.0. The SMILES string of the molecule is O=C(NC1CC2CC1CN2)c1oc2cnccc2c1I. The maximum absolute atomic E-state index is 12.4. The molecule has 20 heavy (non-hydrogen) atoms. The standard InChI is InChI=1S/C14H14IN3O2/c15-12-9-1-2-16-6-11(9)20-13(12)14(19)18-10-4-8-3-7(10)5-17-8/h1-2,6-8,10,17H,3-5H2,(H,18,19). The molecule has 2 aliphatic rings. The van der Waals surface area contributed by atoms with Gasteiger partial charge >= 0.3 is 0 Å². The molecule has 5 nitrogen and oxygen atoms in total. The van der Waals surface area contributed by atoms with Crippen molar-refractivity contribution in [3.05, 3.63) is 27.8 Å². The molecule has 2 aromatic heterocycles. The molecule has 1 aliphatic carbocycles. The molecule has 0 spiro atoms. The molecule has 2 fully saturated rings. The monoisotopic (exact) mass is 383 g/mol. The predicted octanol–water partition coefficient (Wildman–Crippen LogP) is 1.91. The fourth-order valence-corrected chi connectivity index (χ4v) is 4.11. The Labute approximate surface area is 129 Å². The van der Waals surface area contributed by atoms with Crippen molar-refractivity contribution in [3.8, 4) is 0 Å². The largest absolute Gasteiger partial charge is 0.448 e. The Morgan fingerprint density at radius 3 is 3.10 bits per heavy atom. The number of pyridine rings is 1. The molecule has 1 saturated carbocycles. The number of hydrogen-bond acceptors (Lipinski definition) is 4. The van der Waals surface area contributed by atoms with Crippen LogP contribution in [0.15, 0.2) is 22.9 Å². The Kier molecular flexibility index (Phi) is 2.95. The van der Waals surface area contributed by atoms with E-state index in [1.54, 1.807) is 12.4 Å². The van der Waals surface area contributed by atoms with Crippen molar-refractivity contribution in [2.45, 2.75) is 24.9 Å². The van der Waals surface area contributed by atoms with Crippen LogP contribution in [-0.2, 0) is 0 Å². The first-order chi connectivity index (χ1) is 9.72. The molecule has 104 valence electrons. The van der Waals surface area contributed by atoms with E-state index in [0.717, 1.165) is 21.9 Å². The summed E-state index contributed by atoms with van der Waals surface area (Å²) >= 11 is 2.16. The van der Waals surface area contributed by atoms with Gasteiger partial charge in [0.1, 0.15) is 0 Å². The van der Waals surface area contributed by atoms with Gasteiger partial charge in [0.05, 0.1) is 9.77 Å². The Hall–Kier alpha value is -1.15. The van der Waals surface area contributed by atoms with E-state index in [1.807, 2.05) is 6.07 Å². The molecular formula is C14H14IN3O2. The van der Waals surface area contributed by atoms with Crippen LogP contribution in [-0.4, -0.2) is 29.5 Å². The van der Waals surface area contributed by atoms with E-state index in [1.165, 1.54) is 6.42 Å². The first-order valence-corrected chi connectivity index (χ1v) is 7.86. The van der Waals surface area contributed by atoms with Gasteiger partial charge in [0.15, 0.2) is 5.58 Å². The lowest BCUT2D eigenvalue weighted by Crippen LogP contribution is -2.44. The summed E-state index contributed by atoms with van der Waals surface area (Å²) < 4.78 is 6.51. The summed E-state index contributed by atoms with van der Waals surface area (Å²) in [6.07, 6.45) is 5.56. The van der Waals surface area contributed by atoms with Crippen LogP contribution >= 0.6 is 22.6 Å². The van der Waals surface area contributed by atoms with Crippen LogP contribution < -0.4 is 10.6 Å². The van der Waals surface area contributed by atoms with E-state index in [4.69, 9.17) is 4.42 Å². The van der Waals surface area contributed by atoms with Gasteiger partial charge in [-0.05, 0) is 47.4 Å². The summed E-state index contributed by atoms with van der Waals surface area (Å²) in [5, 5.41) is 7.52. The summed E-state index contributed by atoms with van der Waals surface area (Å²) in [7, 11) is 0. The fraction of sp³-hybridized carbons (Fsp3) is 0.429. The number of furan rings is 1. The highest BCUT2D eigenvalue weighted by atomic mass is 127. The number of amides is 1. The van der Waals surface area contributed by atoms with Crippen molar-refractivity contribution in [1.29, 1.82) is 0 Å². The second-order valence-corrected chi connectivity index (χ2v) is 6.61. The molecule has 3 atom stereocenters. The van der Waals surface area contributed by atoms with Crippen molar-refractivity contribution in [2.75, 3.05) is 6.54 Å². The van der Waals surface area contributed by atoms with E-state index in [9.17, 15) is 4.79 Å². The quantitative estimate of drug-likeness (QED) is 0.778. The number of nitrogens with one attached hydrogen (secondary N) is 2. The summed E-state index contributed by atoms with van der Waals surface area (Å²) in [4.78, 5) is 16.4. The lowest BCUT2D eigenvalue weighted by molar-refractivity contribution is 0.0898. The first-order valence-electron chi connectivity index (χ1n) is 6.78. The normalized spacial score (nSPS) is 28.1. The molecule has 6 heteroatoms. The van der Waals surface area contributed by atoms with Crippen molar-refractivity contribution < 1.29 is 9.21 Å². The number of carbonyl (C=O) groups excluding carboxylic acids is 1. The number of aromatic nitrogens is 1. The molecular weight excluding hydrogens is 369 g/mol. The van der Waals surface area contributed by atoms with E-state index >= 15 is 0 Å². The van der Waals surface area contributed by atoms with Gasteiger partial charge in [-0.3, -0.25) is 9.78 Å². The molecule has 0 radical (unpaired) electrons. The molecule has 1 aliphatic heterocycles. The van der Waals surface area contributed by atoms with Gasteiger partial charge in [-0.1, -0.05) is 0 Å². The second-order valence-electron chi connectivity index (χ2n) is 5.53. The lowest BCUT2D eigenvalue weighted by Gasteiger charge is -2.23. The van der Waals surface area contributed by atoms with Gasteiger partial charge in [0.25, 0.3) is 5.91 Å². The maximum Gasteiger partial charge on any atom is 0.288 e. The van der Waals surface area contributed by atoms with E-state index in [2.05, 4.69) is 38.2 Å². The molecule has 2 N–H and O–H groups in total. The molecule has 1 saturated heterocycles. The summed E-state index contributed by atoms with van der Waals surface area (Å²) in [5.74, 6) is 0.861. The van der Waals surface area contributed by atoms with Gasteiger partial charge in [0.2, 0.25) is 5.76 Å². The fourth-order valence-electron chi connectivity index (χ4n) is 3.31. The van der Waals surface area contributed by atoms with Gasteiger partial charge in [0, 0.05) is 30.2 Å². The molecule has 0 aromatic carbocycles. The number of carbonyl (C=O) groups is 1. The zero-order chi connectivity index (χ0) is 13.7. The molecule has 2 bridgehead atoms. The number of fused-ring (bicyclic) bond motifs is 3. The number of rotatable bonds is 2. The first kappa shape index (κ1) is 12.6. The Balaban J connectivity index is 1.59. The van der Waals surface area contributed by atoms with Crippen molar-refractivity contribution in [3.63, 3.8) is 0 Å². The highest BCUT2D eigenvalue weighted by molar-refractivity contribution is 14.1. The smallest absolute Gasteiger partial charge is 0.288 e. The van der Waals surface area contributed by atoms with Crippen molar-refractivity contribution in [1.82, 2.24) is 15.6 Å². The highest BCUT2D eigenvalue weighted by Gasteiger charge is 2.40. The Morgan fingerprint density at radius 1 is 1.50 bits per heavy atom. The van der Waals surface area contributed by atoms with Crippen LogP contribution in [0.3, 0.4) is 0 Å². The van der Waals surface area contributed by atoms with Crippen LogP contribution in [0.4, 0.5) is 0 Å². The Bertz CT molecular complexity index is 684. The van der Waals surface area contributed by atoms with Crippen LogP contribution in [0, 0.1) is 9.49 Å². The zero-order valence-corrected chi connectivity index (χ0v) is 12.9. The summed E-state index contributed by atoms with van der Waals surface area (Å²) in [5.41, 5.74) is 0.664. The highest BCUT2D eigenvalue weighted by Crippen LogP contribution is 2.32. The average molecular weight is 383 g/mol. The number of hydrogen-bond donors (Lipinski definition) is 2. The van der Waals surface area contributed by atoms with Crippen LogP contribution in [0.2, 0.25) is 0 Å². The minimum absolute atomic E-state index is 0.108. The second kappa shape index (κ2) is 4.70. The number of nitrogens with zero attached hydrogens (tertiary/aromatic N) is 1. The van der Waals surface area contributed by atoms with Crippen molar-refractivity contribution in [2.24, 2.45) is 5.92 Å². The molecule has 3 unspecified atom stereocenters. The third-order valence-electron chi connectivity index (χ3n) is 4.32. The molecule has 4 rings (SSSR count). The number of halogens is 1. The zero-order valence-electron chi connectivity index (χ0n) is 10.7. The van der Waals surface area contributed by atoms with Crippen molar-refractivity contribution >= 4 is 39.5 Å². The minimum atomic E-state index is -0.108. The number of piperidine rings is 1.